The van der Waals surface area contributed by atoms with Gasteiger partial charge in [0.15, 0.2) is 4.96 Å². The van der Waals surface area contributed by atoms with Crippen molar-refractivity contribution in [2.45, 2.75) is 18.7 Å². The molecule has 0 fully saturated rings. The second kappa shape index (κ2) is 5.16. The summed E-state index contributed by atoms with van der Waals surface area (Å²) in [5, 5.41) is 12.0. The Morgan fingerprint density at radius 3 is 2.57 bits per heavy atom. The number of halogens is 3. The van der Waals surface area contributed by atoms with Crippen LogP contribution in [0.2, 0.25) is 0 Å². The second-order valence-electron chi connectivity index (χ2n) is 4.66. The lowest BCUT2D eigenvalue weighted by Gasteiger charge is -2.11. The molecule has 0 spiro atoms. The van der Waals surface area contributed by atoms with Crippen LogP contribution in [0.4, 0.5) is 13.2 Å². The highest BCUT2D eigenvalue weighted by atomic mass is 32.1. The molecule has 0 amide bonds. The standard InChI is InChI=1S/C14H11F3N2OS/c15-14(16,17)10-3-1-9(2-4-10)12(20)7-11-8-19-5-6-21-13(19)18-11/h1-6,8,12,20H,7H2. The molecule has 0 bridgehead atoms. The fourth-order valence-corrected chi connectivity index (χ4v) is 2.80. The van der Waals surface area contributed by atoms with E-state index in [1.54, 1.807) is 6.20 Å². The van der Waals surface area contributed by atoms with Crippen molar-refractivity contribution in [3.63, 3.8) is 0 Å². The highest BCUT2D eigenvalue weighted by Crippen LogP contribution is 2.30. The van der Waals surface area contributed by atoms with E-state index in [0.717, 1.165) is 17.1 Å². The SMILES string of the molecule is OC(Cc1cn2ccsc2n1)c1ccc(C(F)(F)F)cc1. The zero-order chi connectivity index (χ0) is 15.0. The van der Waals surface area contributed by atoms with Crippen molar-refractivity contribution in [3.8, 4) is 0 Å². The normalized spacial score (nSPS) is 13.7. The first kappa shape index (κ1) is 14.1. The highest BCUT2D eigenvalue weighted by Gasteiger charge is 2.30. The van der Waals surface area contributed by atoms with Gasteiger partial charge >= 0.3 is 6.18 Å². The number of nitrogens with zero attached hydrogens (tertiary/aromatic N) is 2. The van der Waals surface area contributed by atoms with Crippen molar-refractivity contribution >= 4 is 16.3 Å². The number of hydrogen-bond acceptors (Lipinski definition) is 3. The number of hydrogen-bond donors (Lipinski definition) is 1. The van der Waals surface area contributed by atoms with Crippen LogP contribution in [0.3, 0.4) is 0 Å². The van der Waals surface area contributed by atoms with Crippen LogP contribution in [0.1, 0.15) is 22.9 Å². The molecule has 1 N–H and O–H groups in total. The van der Waals surface area contributed by atoms with Crippen molar-refractivity contribution in [1.82, 2.24) is 9.38 Å². The van der Waals surface area contributed by atoms with Crippen LogP contribution < -0.4 is 0 Å². The van der Waals surface area contributed by atoms with Gasteiger partial charge in [-0.1, -0.05) is 12.1 Å². The number of alkyl halides is 3. The first-order valence-corrected chi connectivity index (χ1v) is 7.08. The molecule has 3 nitrogen and oxygen atoms in total. The fraction of sp³-hybridized carbons (Fsp3) is 0.214. The van der Waals surface area contributed by atoms with Crippen LogP contribution in [0.15, 0.2) is 42.0 Å². The molecule has 3 rings (SSSR count). The minimum atomic E-state index is -4.36. The predicted molar refractivity (Wildman–Crippen MR) is 73.2 cm³/mol. The van der Waals surface area contributed by atoms with Crippen LogP contribution in [0, 0.1) is 0 Å². The molecule has 0 aliphatic carbocycles. The lowest BCUT2D eigenvalue weighted by molar-refractivity contribution is -0.137. The maximum Gasteiger partial charge on any atom is 0.416 e. The van der Waals surface area contributed by atoms with E-state index in [4.69, 9.17) is 0 Å². The smallest absolute Gasteiger partial charge is 0.388 e. The van der Waals surface area contributed by atoms with Gasteiger partial charge in [0.1, 0.15) is 0 Å². The molecule has 1 unspecified atom stereocenters. The Hall–Kier alpha value is -1.86. The van der Waals surface area contributed by atoms with Crippen LogP contribution >= 0.6 is 11.3 Å². The van der Waals surface area contributed by atoms with Gasteiger partial charge in [-0.3, -0.25) is 4.40 Å². The molecule has 1 aromatic carbocycles. The number of imidazole rings is 1. The molecule has 2 heterocycles. The van der Waals surface area contributed by atoms with E-state index in [-0.39, 0.29) is 6.42 Å². The van der Waals surface area contributed by atoms with Crippen molar-refractivity contribution < 1.29 is 18.3 Å². The van der Waals surface area contributed by atoms with Crippen LogP contribution in [0.25, 0.3) is 4.96 Å². The summed E-state index contributed by atoms with van der Waals surface area (Å²) in [6, 6.07) is 4.55. The molecular weight excluding hydrogens is 301 g/mol. The Balaban J connectivity index is 1.75. The molecule has 0 aliphatic rings. The number of aliphatic hydroxyl groups is 1. The van der Waals surface area contributed by atoms with Gasteiger partial charge in [0.2, 0.25) is 0 Å². The largest absolute Gasteiger partial charge is 0.416 e. The number of aliphatic hydroxyl groups excluding tert-OH is 1. The quantitative estimate of drug-likeness (QED) is 0.801. The first-order valence-electron chi connectivity index (χ1n) is 6.20. The van der Waals surface area contributed by atoms with Crippen molar-refractivity contribution in [2.24, 2.45) is 0 Å². The number of benzene rings is 1. The Morgan fingerprint density at radius 1 is 1.24 bits per heavy atom. The monoisotopic (exact) mass is 312 g/mol. The third-order valence-corrected chi connectivity index (χ3v) is 3.94. The molecule has 21 heavy (non-hydrogen) atoms. The maximum atomic E-state index is 12.5. The lowest BCUT2D eigenvalue weighted by atomic mass is 10.0. The number of rotatable bonds is 3. The van der Waals surface area contributed by atoms with E-state index in [9.17, 15) is 18.3 Å². The molecule has 0 saturated carbocycles. The minimum absolute atomic E-state index is 0.264. The Kier molecular flexibility index (Phi) is 3.46. The first-order chi connectivity index (χ1) is 9.93. The maximum absolute atomic E-state index is 12.5. The van der Waals surface area contributed by atoms with Gasteiger partial charge in [0, 0.05) is 24.2 Å². The molecular formula is C14H11F3N2OS. The average molecular weight is 312 g/mol. The molecule has 110 valence electrons. The van der Waals surface area contributed by atoms with E-state index in [2.05, 4.69) is 4.98 Å². The summed E-state index contributed by atoms with van der Waals surface area (Å²) in [6.07, 6.45) is -1.31. The second-order valence-corrected chi connectivity index (χ2v) is 5.54. The van der Waals surface area contributed by atoms with Gasteiger partial charge in [-0.15, -0.1) is 11.3 Å². The van der Waals surface area contributed by atoms with Gasteiger partial charge in [-0.05, 0) is 17.7 Å². The predicted octanol–water partition coefficient (Wildman–Crippen LogP) is 3.69. The number of thiazole rings is 1. The van der Waals surface area contributed by atoms with Gasteiger partial charge in [0.25, 0.3) is 0 Å². The minimum Gasteiger partial charge on any atom is -0.388 e. The summed E-state index contributed by atoms with van der Waals surface area (Å²) < 4.78 is 39.3. The molecule has 0 aliphatic heterocycles. The van der Waals surface area contributed by atoms with Crippen molar-refractivity contribution in [1.29, 1.82) is 0 Å². The summed E-state index contributed by atoms with van der Waals surface area (Å²) in [5.74, 6) is 0. The van der Waals surface area contributed by atoms with Crippen molar-refractivity contribution in [2.75, 3.05) is 0 Å². The summed E-state index contributed by atoms with van der Waals surface area (Å²) >= 11 is 1.48. The lowest BCUT2D eigenvalue weighted by Crippen LogP contribution is -2.06. The van der Waals surface area contributed by atoms with E-state index >= 15 is 0 Å². The average Bonchev–Trinajstić information content (AvgIpc) is 2.98. The number of fused-ring (bicyclic) bond motifs is 1. The molecule has 2 aromatic heterocycles. The van der Waals surface area contributed by atoms with E-state index in [1.807, 2.05) is 16.0 Å². The summed E-state index contributed by atoms with van der Waals surface area (Å²) in [6.45, 7) is 0. The van der Waals surface area contributed by atoms with E-state index in [0.29, 0.717) is 11.3 Å². The number of aromatic nitrogens is 2. The third-order valence-electron chi connectivity index (χ3n) is 3.17. The molecule has 1 atom stereocenters. The van der Waals surface area contributed by atoms with Crippen LogP contribution in [0.5, 0.6) is 0 Å². The molecule has 0 saturated heterocycles. The summed E-state index contributed by atoms with van der Waals surface area (Å²) in [4.78, 5) is 5.16. The zero-order valence-electron chi connectivity index (χ0n) is 10.7. The Morgan fingerprint density at radius 2 is 1.95 bits per heavy atom. The summed E-state index contributed by atoms with van der Waals surface area (Å²) in [5.41, 5.74) is 0.426. The fourth-order valence-electron chi connectivity index (χ4n) is 2.08. The van der Waals surface area contributed by atoms with Gasteiger partial charge in [-0.2, -0.15) is 13.2 Å². The van der Waals surface area contributed by atoms with E-state index < -0.39 is 17.8 Å². The Bertz CT molecular complexity index is 717. The zero-order valence-corrected chi connectivity index (χ0v) is 11.5. The summed E-state index contributed by atoms with van der Waals surface area (Å²) in [7, 11) is 0. The van der Waals surface area contributed by atoms with Gasteiger partial charge in [-0.25, -0.2) is 4.98 Å². The van der Waals surface area contributed by atoms with Crippen LogP contribution in [-0.4, -0.2) is 14.5 Å². The topological polar surface area (TPSA) is 37.5 Å². The van der Waals surface area contributed by atoms with Gasteiger partial charge in [0.05, 0.1) is 17.4 Å². The molecule has 0 radical (unpaired) electrons. The van der Waals surface area contributed by atoms with E-state index in [1.165, 1.54) is 23.5 Å². The molecule has 3 aromatic rings. The molecule has 7 heteroatoms. The Labute approximate surface area is 122 Å². The van der Waals surface area contributed by atoms with Crippen LogP contribution in [-0.2, 0) is 12.6 Å². The van der Waals surface area contributed by atoms with Gasteiger partial charge < -0.3 is 5.11 Å². The third kappa shape index (κ3) is 2.93. The highest BCUT2D eigenvalue weighted by molar-refractivity contribution is 7.15. The van der Waals surface area contributed by atoms with Crippen molar-refractivity contribution in [3.05, 3.63) is 58.9 Å².